The molecule has 4 aromatic rings. The molecule has 4 rings (SSSR count). The van der Waals surface area contributed by atoms with Crippen molar-refractivity contribution in [1.82, 2.24) is 25.0 Å². The largest absolute Gasteiger partial charge is 0.296 e. The molecule has 0 aliphatic carbocycles. The third-order valence-electron chi connectivity index (χ3n) is 3.83. The fraction of sp³-hybridized carbons (Fsp3) is 0.0556. The van der Waals surface area contributed by atoms with Crippen LogP contribution in [0, 0.1) is 5.82 Å². The van der Waals surface area contributed by atoms with Gasteiger partial charge in [-0.1, -0.05) is 23.4 Å². The molecular weight excluding hydrogens is 367 g/mol. The summed E-state index contributed by atoms with van der Waals surface area (Å²) in [6, 6.07) is 9.92. The Morgan fingerprint density at radius 3 is 2.70 bits per heavy atom. The minimum absolute atomic E-state index is 0.132. The summed E-state index contributed by atoms with van der Waals surface area (Å²) in [6.07, 6.45) is 4.82. The summed E-state index contributed by atoms with van der Waals surface area (Å²) in [5.41, 5.74) is 1.77. The highest BCUT2D eigenvalue weighted by atomic mass is 32.1. The summed E-state index contributed by atoms with van der Waals surface area (Å²) < 4.78 is 15.6. The van der Waals surface area contributed by atoms with Crippen molar-refractivity contribution in [3.8, 4) is 11.3 Å². The van der Waals surface area contributed by atoms with E-state index >= 15 is 0 Å². The second kappa shape index (κ2) is 7.42. The molecule has 0 saturated carbocycles. The average molecular weight is 380 g/mol. The first kappa shape index (κ1) is 17.0. The molecule has 27 heavy (non-hydrogen) atoms. The van der Waals surface area contributed by atoms with Crippen LogP contribution in [0.3, 0.4) is 0 Å². The van der Waals surface area contributed by atoms with Crippen molar-refractivity contribution in [3.05, 3.63) is 77.4 Å². The number of carbonyl (C=O) groups is 1. The molecule has 1 N–H and O–H groups in total. The first-order valence-electron chi connectivity index (χ1n) is 8.00. The van der Waals surface area contributed by atoms with Crippen LogP contribution >= 0.6 is 11.3 Å². The minimum atomic E-state index is -0.434. The lowest BCUT2D eigenvalue weighted by molar-refractivity contribution is 0.102. The van der Waals surface area contributed by atoms with Crippen molar-refractivity contribution in [3.63, 3.8) is 0 Å². The SMILES string of the molecule is O=C(Nc1nccs1)c1nnn(Cc2ccccc2F)c1-c1ccncc1. The molecule has 3 heterocycles. The number of aromatic nitrogens is 5. The lowest BCUT2D eigenvalue weighted by Gasteiger charge is -2.09. The van der Waals surface area contributed by atoms with E-state index in [-0.39, 0.29) is 18.1 Å². The molecule has 0 atom stereocenters. The number of hydrogen-bond acceptors (Lipinski definition) is 6. The molecule has 0 unspecified atom stereocenters. The number of carbonyl (C=O) groups excluding carboxylic acids is 1. The Morgan fingerprint density at radius 1 is 1.15 bits per heavy atom. The predicted molar refractivity (Wildman–Crippen MR) is 98.8 cm³/mol. The Labute approximate surface area is 157 Å². The quantitative estimate of drug-likeness (QED) is 0.574. The van der Waals surface area contributed by atoms with E-state index in [9.17, 15) is 9.18 Å². The molecule has 0 fully saturated rings. The topological polar surface area (TPSA) is 85.6 Å². The van der Waals surface area contributed by atoms with Crippen LogP contribution in [0.2, 0.25) is 0 Å². The number of halogens is 1. The number of benzene rings is 1. The number of thiazole rings is 1. The zero-order valence-electron chi connectivity index (χ0n) is 13.9. The van der Waals surface area contributed by atoms with Crippen LogP contribution in [-0.2, 0) is 6.54 Å². The van der Waals surface area contributed by atoms with Crippen molar-refractivity contribution in [2.24, 2.45) is 0 Å². The highest BCUT2D eigenvalue weighted by molar-refractivity contribution is 7.13. The Balaban J connectivity index is 1.75. The predicted octanol–water partition coefficient (Wildman–Crippen LogP) is 3.24. The Kier molecular flexibility index (Phi) is 4.67. The summed E-state index contributed by atoms with van der Waals surface area (Å²) >= 11 is 1.30. The van der Waals surface area contributed by atoms with E-state index in [1.807, 2.05) is 0 Å². The second-order valence-corrected chi connectivity index (χ2v) is 6.46. The molecular formula is C18H13FN6OS. The van der Waals surface area contributed by atoms with Gasteiger partial charge in [0.2, 0.25) is 0 Å². The third kappa shape index (κ3) is 3.58. The number of nitrogens with one attached hydrogen (secondary N) is 1. The van der Waals surface area contributed by atoms with E-state index in [1.54, 1.807) is 54.3 Å². The molecule has 1 amide bonds. The Bertz CT molecular complexity index is 1060. The van der Waals surface area contributed by atoms with Crippen molar-refractivity contribution < 1.29 is 9.18 Å². The van der Waals surface area contributed by atoms with Gasteiger partial charge in [0, 0.05) is 35.1 Å². The number of rotatable bonds is 5. The van der Waals surface area contributed by atoms with Gasteiger partial charge in [-0.3, -0.25) is 15.1 Å². The van der Waals surface area contributed by atoms with Gasteiger partial charge in [0.15, 0.2) is 10.8 Å². The first-order chi connectivity index (χ1) is 13.2. The van der Waals surface area contributed by atoms with Gasteiger partial charge in [0.25, 0.3) is 5.91 Å². The maximum atomic E-state index is 14.1. The van der Waals surface area contributed by atoms with Crippen LogP contribution in [0.4, 0.5) is 9.52 Å². The summed E-state index contributed by atoms with van der Waals surface area (Å²) in [7, 11) is 0. The van der Waals surface area contributed by atoms with Gasteiger partial charge in [-0.2, -0.15) is 0 Å². The van der Waals surface area contributed by atoms with Gasteiger partial charge < -0.3 is 0 Å². The van der Waals surface area contributed by atoms with Crippen molar-refractivity contribution in [2.45, 2.75) is 6.54 Å². The van der Waals surface area contributed by atoms with Crippen molar-refractivity contribution >= 4 is 22.4 Å². The van der Waals surface area contributed by atoms with Crippen LogP contribution < -0.4 is 5.32 Å². The van der Waals surface area contributed by atoms with Gasteiger partial charge >= 0.3 is 0 Å². The van der Waals surface area contributed by atoms with Gasteiger partial charge in [0.05, 0.1) is 6.54 Å². The van der Waals surface area contributed by atoms with Crippen LogP contribution in [0.15, 0.2) is 60.4 Å². The molecule has 0 aliphatic heterocycles. The van der Waals surface area contributed by atoms with Crippen molar-refractivity contribution in [1.29, 1.82) is 0 Å². The summed E-state index contributed by atoms with van der Waals surface area (Å²) in [6.45, 7) is 0.141. The van der Waals surface area contributed by atoms with E-state index in [0.29, 0.717) is 22.0 Å². The number of hydrogen-bond donors (Lipinski definition) is 1. The van der Waals surface area contributed by atoms with Gasteiger partial charge in [-0.05, 0) is 18.2 Å². The molecule has 0 spiro atoms. The zero-order chi connectivity index (χ0) is 18.6. The smallest absolute Gasteiger partial charge is 0.280 e. The molecule has 0 saturated heterocycles. The fourth-order valence-corrected chi connectivity index (χ4v) is 3.13. The van der Waals surface area contributed by atoms with E-state index in [1.165, 1.54) is 22.1 Å². The van der Waals surface area contributed by atoms with E-state index in [2.05, 4.69) is 25.6 Å². The van der Waals surface area contributed by atoms with Crippen LogP contribution in [0.1, 0.15) is 16.1 Å². The molecule has 9 heteroatoms. The van der Waals surface area contributed by atoms with E-state index in [0.717, 1.165) is 0 Å². The molecule has 134 valence electrons. The van der Waals surface area contributed by atoms with Crippen LogP contribution in [0.5, 0.6) is 0 Å². The normalized spacial score (nSPS) is 10.7. The molecule has 3 aromatic heterocycles. The summed E-state index contributed by atoms with van der Waals surface area (Å²) in [4.78, 5) is 20.7. The highest BCUT2D eigenvalue weighted by Gasteiger charge is 2.22. The molecule has 1 aromatic carbocycles. The molecule has 0 bridgehead atoms. The maximum absolute atomic E-state index is 14.1. The van der Waals surface area contributed by atoms with Crippen LogP contribution in [-0.4, -0.2) is 30.9 Å². The summed E-state index contributed by atoms with van der Waals surface area (Å²) in [5.74, 6) is -0.779. The first-order valence-corrected chi connectivity index (χ1v) is 8.88. The Morgan fingerprint density at radius 2 is 1.96 bits per heavy atom. The highest BCUT2D eigenvalue weighted by Crippen LogP contribution is 2.24. The monoisotopic (exact) mass is 380 g/mol. The minimum Gasteiger partial charge on any atom is -0.296 e. The van der Waals surface area contributed by atoms with Crippen molar-refractivity contribution in [2.75, 3.05) is 5.32 Å². The standard InChI is InChI=1S/C18H13FN6OS/c19-14-4-2-1-3-13(14)11-25-16(12-5-7-20-8-6-12)15(23-24-25)17(26)22-18-21-9-10-27-18/h1-10H,11H2,(H,21,22,26). The number of amides is 1. The fourth-order valence-electron chi connectivity index (χ4n) is 2.60. The average Bonchev–Trinajstić information content (AvgIpc) is 3.34. The van der Waals surface area contributed by atoms with Crippen LogP contribution in [0.25, 0.3) is 11.3 Å². The lowest BCUT2D eigenvalue weighted by atomic mass is 10.1. The third-order valence-corrected chi connectivity index (χ3v) is 4.52. The lowest BCUT2D eigenvalue weighted by Crippen LogP contribution is -2.14. The summed E-state index contributed by atoms with van der Waals surface area (Å²) in [5, 5.41) is 13.0. The number of anilines is 1. The maximum Gasteiger partial charge on any atom is 0.280 e. The second-order valence-electron chi connectivity index (χ2n) is 5.56. The van der Waals surface area contributed by atoms with Gasteiger partial charge in [-0.15, -0.1) is 16.4 Å². The number of nitrogens with zero attached hydrogens (tertiary/aromatic N) is 5. The van der Waals surface area contributed by atoms with E-state index < -0.39 is 5.91 Å². The van der Waals surface area contributed by atoms with E-state index in [4.69, 9.17) is 0 Å². The number of pyridine rings is 1. The van der Waals surface area contributed by atoms with Gasteiger partial charge in [-0.25, -0.2) is 14.1 Å². The zero-order valence-corrected chi connectivity index (χ0v) is 14.7. The molecule has 0 radical (unpaired) electrons. The Hall–Kier alpha value is -3.46. The van der Waals surface area contributed by atoms with Gasteiger partial charge in [0.1, 0.15) is 11.5 Å². The molecule has 7 nitrogen and oxygen atoms in total. The molecule has 0 aliphatic rings.